The van der Waals surface area contributed by atoms with Crippen LogP contribution in [0.4, 0.5) is 0 Å². The van der Waals surface area contributed by atoms with Crippen LogP contribution in [0.15, 0.2) is 89.3 Å². The van der Waals surface area contributed by atoms with Crippen LogP contribution in [0.3, 0.4) is 0 Å². The van der Waals surface area contributed by atoms with Gasteiger partial charge in [0.1, 0.15) is 51.6 Å². The van der Waals surface area contributed by atoms with Crippen LogP contribution in [0.5, 0.6) is 0 Å². The van der Waals surface area contributed by atoms with Crippen LogP contribution in [0.1, 0.15) is 83.1 Å². The molecule has 8 amide bonds. The Labute approximate surface area is 526 Å². The molecule has 0 radical (unpaired) electrons. The van der Waals surface area contributed by atoms with Gasteiger partial charge in [-0.2, -0.15) is 0 Å². The molecule has 10 N–H and O–H groups in total. The van der Waals surface area contributed by atoms with Gasteiger partial charge in [-0.15, -0.1) is 0 Å². The van der Waals surface area contributed by atoms with Crippen molar-refractivity contribution in [1.82, 2.24) is 56.2 Å². The van der Waals surface area contributed by atoms with Crippen molar-refractivity contribution >= 4 is 125 Å². The summed E-state index contributed by atoms with van der Waals surface area (Å²) in [5.41, 5.74) is 13.5. The number of aromatic nitrogens is 3. The first-order valence-corrected chi connectivity index (χ1v) is 34.5. The normalized spacial score (nSPS) is 16.9. The number of carbonyl (C=O) groups is 10. The molecular formula is C58H79N13O11S5. The SMILES string of the molecule is CCOC(=O)[C@H](Cc1c[nH]c2ccccc12)NC(=O)[C@H](CCCCN(C)C)NC(=O)[C@H](CSSc1ccccn1)SC(=O)CC(NC(=O)[C@H](CCCCNC(=O)[C@@H](N)CSSc1ccccn1)NC(=O)[C@@H]1CCCN1C=O)C(=O)N1CCC[C@H]1C(N)=O. The van der Waals surface area contributed by atoms with Crippen LogP contribution >= 0.6 is 54.9 Å². The third kappa shape index (κ3) is 22.6. The molecule has 24 nitrogen and oxygen atoms in total. The zero-order valence-electron chi connectivity index (χ0n) is 49.1. The van der Waals surface area contributed by atoms with E-state index < -0.39 is 100 Å². The van der Waals surface area contributed by atoms with Gasteiger partial charge in [0, 0.05) is 73.5 Å². The summed E-state index contributed by atoms with van der Waals surface area (Å²) < 4.78 is 5.42. The Morgan fingerprint density at radius 3 is 2.02 bits per heavy atom. The fourth-order valence-corrected chi connectivity index (χ4v) is 15.3. The molecule has 0 aliphatic carbocycles. The molecule has 1 aromatic carbocycles. The highest BCUT2D eigenvalue weighted by Crippen LogP contribution is 2.33. The average Bonchev–Trinajstić information content (AvgIpc) is 2.81. The van der Waals surface area contributed by atoms with E-state index >= 15 is 0 Å². The molecule has 0 saturated carbocycles. The van der Waals surface area contributed by atoms with Crippen molar-refractivity contribution in [2.45, 2.75) is 142 Å². The second-order valence-corrected chi connectivity index (χ2v) is 27.1. The number of nitrogens with one attached hydrogen (secondary N) is 6. The Kier molecular flexibility index (Phi) is 29.5. The number of rotatable bonds is 37. The summed E-state index contributed by atoms with van der Waals surface area (Å²) >= 11 is 0.599. The summed E-state index contributed by atoms with van der Waals surface area (Å²) in [7, 11) is 9.08. The quantitative estimate of drug-likeness (QED) is 0.0139. The first-order chi connectivity index (χ1) is 42.0. The number of benzene rings is 1. The molecule has 29 heteroatoms. The molecule has 2 aliphatic rings. The number of aromatic amines is 1. The molecular weight excluding hydrogens is 1220 g/mol. The molecule has 472 valence electrons. The molecule has 0 bridgehead atoms. The number of thioether (sulfide) groups is 1. The minimum atomic E-state index is -1.63. The van der Waals surface area contributed by atoms with E-state index in [1.54, 1.807) is 49.8 Å². The van der Waals surface area contributed by atoms with Crippen molar-refractivity contribution in [1.29, 1.82) is 0 Å². The number of nitrogens with zero attached hydrogens (tertiary/aromatic N) is 5. The number of primary amides is 1. The lowest BCUT2D eigenvalue weighted by molar-refractivity contribution is -0.147. The van der Waals surface area contributed by atoms with E-state index in [1.807, 2.05) is 55.4 Å². The zero-order valence-corrected chi connectivity index (χ0v) is 53.1. The number of likely N-dealkylation sites (tertiary alicyclic amines) is 2. The highest BCUT2D eigenvalue weighted by molar-refractivity contribution is 8.77. The predicted molar refractivity (Wildman–Crippen MR) is 339 cm³/mol. The number of esters is 1. The topological polar surface area (TPSA) is 343 Å². The van der Waals surface area contributed by atoms with Crippen LogP contribution in [0.2, 0.25) is 0 Å². The number of nitrogens with two attached hydrogens (primary N) is 2. The summed E-state index contributed by atoms with van der Waals surface area (Å²) in [5, 5.41) is 14.3. The van der Waals surface area contributed by atoms with Crippen LogP contribution in [-0.4, -0.2) is 194 Å². The van der Waals surface area contributed by atoms with E-state index in [0.29, 0.717) is 80.6 Å². The van der Waals surface area contributed by atoms with Gasteiger partial charge in [0.15, 0.2) is 5.12 Å². The standard InChI is InChI=1S/C58H79N13O11S5/c1-4-82-58(81)44(31-37-33-64-40-18-6-5-17-38(37)40)68-54(77)42(20-10-14-28-69(2)3)66-56(79)47(35-84-87-49-24-9-13-26-62-49)85-50(73)32-43(57(80)71-30-16-21-45(71)51(60)74)67-53(76)41(65-55(78)46-22-15-29-70(46)36-72)19-7-11-27-63-52(75)39(59)34-83-86-48-23-8-12-25-61-48/h5-6,8-9,12-13,17-18,23-26,33,36,39,41-47,64H,4,7,10-11,14-16,19-22,27-32,34-35,59H2,1-3H3,(H2,60,74)(H,63,75)(H,65,78)(H,66,79)(H,67,76)(H,68,77)/t39-,41-,42-,43?,44-,45-,46-,47-/m0/s1. The first-order valence-electron chi connectivity index (χ1n) is 29.0. The Bertz CT molecular complexity index is 2930. The Hall–Kier alpha value is -6.37. The summed E-state index contributed by atoms with van der Waals surface area (Å²) in [6.45, 7) is 3.00. The van der Waals surface area contributed by atoms with Gasteiger partial charge < -0.3 is 62.5 Å². The summed E-state index contributed by atoms with van der Waals surface area (Å²) in [6, 6.07) is 10.4. The zero-order chi connectivity index (χ0) is 62.7. The fourth-order valence-electron chi connectivity index (χ4n) is 9.82. The Morgan fingerprint density at radius 1 is 0.747 bits per heavy atom. The molecule has 0 spiro atoms. The van der Waals surface area contributed by atoms with Crippen LogP contribution < -0.4 is 38.1 Å². The minimum Gasteiger partial charge on any atom is -0.464 e. The second kappa shape index (κ2) is 36.8. The van der Waals surface area contributed by atoms with E-state index in [2.05, 4.69) is 41.5 Å². The average molecular weight is 1290 g/mol. The maximum absolute atomic E-state index is 14.8. The van der Waals surface area contributed by atoms with Crippen molar-refractivity contribution in [2.24, 2.45) is 11.5 Å². The number of carbonyl (C=O) groups excluding carboxylic acids is 10. The number of fused-ring (bicyclic) bond motifs is 1. The molecule has 8 atom stereocenters. The van der Waals surface area contributed by atoms with Gasteiger partial charge in [-0.3, -0.25) is 43.2 Å². The molecule has 3 aromatic heterocycles. The second-order valence-electron chi connectivity index (χ2n) is 21.1. The number of para-hydroxylation sites is 1. The Morgan fingerprint density at radius 2 is 1.37 bits per heavy atom. The molecule has 4 aromatic rings. The van der Waals surface area contributed by atoms with Gasteiger partial charge in [0.05, 0.1) is 12.6 Å². The maximum atomic E-state index is 14.8. The number of pyridine rings is 2. The van der Waals surface area contributed by atoms with Gasteiger partial charge in [0.2, 0.25) is 47.8 Å². The first kappa shape index (κ1) is 69.7. The van der Waals surface area contributed by atoms with Crippen molar-refractivity contribution in [3.05, 3.63) is 84.8 Å². The van der Waals surface area contributed by atoms with Gasteiger partial charge in [0.25, 0.3) is 0 Å². The van der Waals surface area contributed by atoms with Gasteiger partial charge in [-0.05, 0) is 149 Å². The monoisotopic (exact) mass is 1290 g/mol. The fraction of sp³-hybridized carbons (Fsp3) is 0.517. The van der Waals surface area contributed by atoms with Gasteiger partial charge in [-0.1, -0.05) is 63.7 Å². The lowest BCUT2D eigenvalue weighted by Crippen LogP contribution is -2.58. The van der Waals surface area contributed by atoms with Crippen molar-refractivity contribution in [2.75, 3.05) is 58.4 Å². The summed E-state index contributed by atoms with van der Waals surface area (Å²) in [4.78, 5) is 155. The number of H-pyrrole nitrogens is 1. The summed E-state index contributed by atoms with van der Waals surface area (Å²) in [6.07, 6.45) is 8.48. The van der Waals surface area contributed by atoms with E-state index in [1.165, 1.54) is 53.0 Å². The van der Waals surface area contributed by atoms with Gasteiger partial charge >= 0.3 is 5.97 Å². The smallest absolute Gasteiger partial charge is 0.328 e. The molecule has 87 heavy (non-hydrogen) atoms. The maximum Gasteiger partial charge on any atom is 0.328 e. The number of amides is 8. The molecule has 5 heterocycles. The molecule has 6 rings (SSSR count). The largest absolute Gasteiger partial charge is 0.464 e. The third-order valence-corrected chi connectivity index (χ3v) is 20.2. The van der Waals surface area contributed by atoms with E-state index in [9.17, 15) is 47.9 Å². The van der Waals surface area contributed by atoms with Crippen molar-refractivity contribution in [3.8, 4) is 0 Å². The predicted octanol–water partition coefficient (Wildman–Crippen LogP) is 3.35. The molecule has 1 unspecified atom stereocenters. The number of unbranched alkanes of at least 4 members (excludes halogenated alkanes) is 2. The van der Waals surface area contributed by atoms with E-state index in [-0.39, 0.29) is 63.5 Å². The molecule has 2 aliphatic heterocycles. The van der Waals surface area contributed by atoms with E-state index in [4.69, 9.17) is 16.2 Å². The van der Waals surface area contributed by atoms with Crippen molar-refractivity contribution in [3.63, 3.8) is 0 Å². The van der Waals surface area contributed by atoms with Crippen LogP contribution in [0.25, 0.3) is 10.9 Å². The lowest BCUT2D eigenvalue weighted by Gasteiger charge is -2.29. The number of hydrogen-bond acceptors (Lipinski definition) is 20. The minimum absolute atomic E-state index is 0.00195. The highest BCUT2D eigenvalue weighted by atomic mass is 33.1. The summed E-state index contributed by atoms with van der Waals surface area (Å²) in [5.74, 6) is -5.13. The molecule has 2 saturated heterocycles. The number of hydrogen-bond donors (Lipinski definition) is 8. The highest BCUT2D eigenvalue weighted by Gasteiger charge is 2.40. The molecule has 2 fully saturated rings. The van der Waals surface area contributed by atoms with Crippen LogP contribution in [0, 0.1) is 0 Å². The number of ether oxygens (including phenoxy) is 1. The van der Waals surface area contributed by atoms with Gasteiger partial charge in [-0.25, -0.2) is 14.8 Å². The van der Waals surface area contributed by atoms with Crippen molar-refractivity contribution < 1.29 is 52.7 Å². The van der Waals surface area contributed by atoms with Crippen LogP contribution in [-0.2, 0) is 59.1 Å². The Balaban J connectivity index is 1.21. The lowest BCUT2D eigenvalue weighted by atomic mass is 10.0. The van der Waals surface area contributed by atoms with E-state index in [0.717, 1.165) is 21.5 Å². The third-order valence-electron chi connectivity index (χ3n) is 14.3.